The van der Waals surface area contributed by atoms with Gasteiger partial charge in [0.15, 0.2) is 0 Å². The van der Waals surface area contributed by atoms with Crippen LogP contribution in [0.4, 0.5) is 0 Å². The van der Waals surface area contributed by atoms with Crippen molar-refractivity contribution in [1.82, 2.24) is 4.90 Å². The lowest BCUT2D eigenvalue weighted by atomic mass is 9.90. The Labute approximate surface area is 108 Å². The molecule has 1 unspecified atom stereocenters. The van der Waals surface area contributed by atoms with Gasteiger partial charge in [-0.25, -0.2) is 0 Å². The smallest absolute Gasteiger partial charge is 0.0306 e. The molecule has 0 spiro atoms. The average molecular weight is 240 g/mol. The van der Waals surface area contributed by atoms with Crippen molar-refractivity contribution in [1.29, 1.82) is 0 Å². The summed E-state index contributed by atoms with van der Waals surface area (Å²) in [5.74, 6) is 0.953. The van der Waals surface area contributed by atoms with Crippen molar-refractivity contribution < 1.29 is 0 Å². The maximum Gasteiger partial charge on any atom is 0.0306 e. The second kappa shape index (κ2) is 6.75. The quantitative estimate of drug-likeness (QED) is 0.626. The van der Waals surface area contributed by atoms with E-state index >= 15 is 0 Å². The fourth-order valence-corrected chi connectivity index (χ4v) is 2.75. The van der Waals surface area contributed by atoms with Gasteiger partial charge in [-0.2, -0.15) is 0 Å². The molecule has 0 aliphatic heterocycles. The summed E-state index contributed by atoms with van der Waals surface area (Å²) >= 11 is 0. The van der Waals surface area contributed by atoms with Crippen LogP contribution in [0, 0.1) is 5.92 Å². The lowest BCUT2D eigenvalue weighted by Gasteiger charge is -2.44. The fraction of sp³-hybridized carbons (Fsp3) is 1.00. The number of hydrogen-bond acceptors (Lipinski definition) is 2. The number of rotatable bonds is 9. The van der Waals surface area contributed by atoms with Gasteiger partial charge in [-0.15, -0.1) is 0 Å². The van der Waals surface area contributed by atoms with E-state index < -0.39 is 0 Å². The highest BCUT2D eigenvalue weighted by Gasteiger charge is 2.35. The van der Waals surface area contributed by atoms with Crippen molar-refractivity contribution in [3.8, 4) is 0 Å². The zero-order valence-corrected chi connectivity index (χ0v) is 12.3. The third-order valence-corrected chi connectivity index (χ3v) is 4.23. The molecule has 2 N–H and O–H groups in total. The molecule has 0 saturated heterocycles. The van der Waals surface area contributed by atoms with E-state index in [2.05, 4.69) is 32.6 Å². The van der Waals surface area contributed by atoms with Gasteiger partial charge >= 0.3 is 0 Å². The molecular weight excluding hydrogens is 208 g/mol. The molecule has 0 aromatic heterocycles. The van der Waals surface area contributed by atoms with Crippen LogP contribution in [0.2, 0.25) is 0 Å². The molecule has 0 aromatic rings. The summed E-state index contributed by atoms with van der Waals surface area (Å²) in [6.45, 7) is 11.3. The molecule has 0 radical (unpaired) electrons. The monoisotopic (exact) mass is 240 g/mol. The molecule has 17 heavy (non-hydrogen) atoms. The highest BCUT2D eigenvalue weighted by atomic mass is 15.2. The van der Waals surface area contributed by atoms with Gasteiger partial charge in [0.25, 0.3) is 0 Å². The highest BCUT2D eigenvalue weighted by Crippen LogP contribution is 2.34. The second-order valence-corrected chi connectivity index (χ2v) is 6.35. The number of hydrogen-bond donors (Lipinski definition) is 1. The lowest BCUT2D eigenvalue weighted by Crippen LogP contribution is -2.55. The van der Waals surface area contributed by atoms with E-state index in [-0.39, 0.29) is 5.54 Å². The van der Waals surface area contributed by atoms with Gasteiger partial charge in [0.05, 0.1) is 0 Å². The first-order chi connectivity index (χ1) is 8.03. The molecule has 0 amide bonds. The van der Waals surface area contributed by atoms with E-state index in [0.717, 1.165) is 12.5 Å². The Bertz CT molecular complexity index is 211. The fourth-order valence-electron chi connectivity index (χ4n) is 2.75. The van der Waals surface area contributed by atoms with Crippen LogP contribution in [0.25, 0.3) is 0 Å². The first-order valence-corrected chi connectivity index (χ1v) is 7.50. The van der Waals surface area contributed by atoms with Gasteiger partial charge in [0.1, 0.15) is 0 Å². The van der Waals surface area contributed by atoms with Crippen molar-refractivity contribution >= 4 is 0 Å². The molecule has 1 aliphatic rings. The molecular formula is C15H32N2. The van der Waals surface area contributed by atoms with E-state index in [1.807, 2.05) is 0 Å². The minimum absolute atomic E-state index is 0.214. The second-order valence-electron chi connectivity index (χ2n) is 6.35. The van der Waals surface area contributed by atoms with E-state index in [0.29, 0.717) is 6.04 Å². The van der Waals surface area contributed by atoms with Gasteiger partial charge in [0, 0.05) is 24.7 Å². The van der Waals surface area contributed by atoms with Crippen LogP contribution in [0.3, 0.4) is 0 Å². The van der Waals surface area contributed by atoms with E-state index in [9.17, 15) is 0 Å². The highest BCUT2D eigenvalue weighted by molar-refractivity contribution is 4.92. The Balaban J connectivity index is 2.56. The molecule has 1 atom stereocenters. The van der Waals surface area contributed by atoms with E-state index in [4.69, 9.17) is 5.73 Å². The van der Waals surface area contributed by atoms with Gasteiger partial charge in [-0.1, -0.05) is 26.2 Å². The summed E-state index contributed by atoms with van der Waals surface area (Å²) < 4.78 is 0. The largest absolute Gasteiger partial charge is 0.329 e. The number of unbranched alkanes of at least 4 members (excludes halogenated alkanes) is 2. The maximum absolute atomic E-state index is 6.08. The molecule has 2 heteroatoms. The summed E-state index contributed by atoms with van der Waals surface area (Å²) in [5, 5.41) is 0. The van der Waals surface area contributed by atoms with Crippen LogP contribution in [-0.2, 0) is 0 Å². The molecule has 1 fully saturated rings. The third kappa shape index (κ3) is 4.59. The summed E-state index contributed by atoms with van der Waals surface area (Å²) in [5.41, 5.74) is 6.30. The number of nitrogens with two attached hydrogens (primary N) is 1. The van der Waals surface area contributed by atoms with Crippen molar-refractivity contribution in [3.63, 3.8) is 0 Å². The predicted octanol–water partition coefficient (Wildman–Crippen LogP) is 3.40. The number of nitrogens with zero attached hydrogens (tertiary/aromatic N) is 1. The van der Waals surface area contributed by atoms with Crippen molar-refractivity contribution in [3.05, 3.63) is 0 Å². The molecule has 1 rings (SSSR count). The zero-order valence-electron chi connectivity index (χ0n) is 12.3. The first kappa shape index (κ1) is 15.0. The lowest BCUT2D eigenvalue weighted by molar-refractivity contribution is 0.0610. The van der Waals surface area contributed by atoms with Crippen molar-refractivity contribution in [2.75, 3.05) is 13.1 Å². The van der Waals surface area contributed by atoms with Crippen LogP contribution in [-0.4, -0.2) is 29.6 Å². The van der Waals surface area contributed by atoms with E-state index in [1.54, 1.807) is 0 Å². The molecule has 0 heterocycles. The Kier molecular flexibility index (Phi) is 5.94. The normalized spacial score (nSPS) is 19.9. The van der Waals surface area contributed by atoms with Gasteiger partial charge in [0.2, 0.25) is 0 Å². The van der Waals surface area contributed by atoms with Crippen LogP contribution < -0.4 is 5.73 Å². The Morgan fingerprint density at radius 3 is 2.35 bits per heavy atom. The molecule has 102 valence electrons. The third-order valence-electron chi connectivity index (χ3n) is 4.23. The van der Waals surface area contributed by atoms with Gasteiger partial charge in [-0.3, -0.25) is 4.90 Å². The predicted molar refractivity (Wildman–Crippen MR) is 76.2 cm³/mol. The van der Waals surface area contributed by atoms with Crippen LogP contribution >= 0.6 is 0 Å². The van der Waals surface area contributed by atoms with Crippen molar-refractivity contribution in [2.45, 2.75) is 77.8 Å². The Morgan fingerprint density at radius 1 is 1.29 bits per heavy atom. The standard InChI is InChI=1S/C15H32N2/c1-5-6-7-10-15(4,12-16)17(13(2)3)11-14-8-9-14/h13-14H,5-12,16H2,1-4H3. The Morgan fingerprint density at radius 2 is 1.94 bits per heavy atom. The van der Waals surface area contributed by atoms with Crippen molar-refractivity contribution in [2.24, 2.45) is 11.7 Å². The van der Waals surface area contributed by atoms with Crippen LogP contribution in [0.15, 0.2) is 0 Å². The topological polar surface area (TPSA) is 29.3 Å². The average Bonchev–Trinajstić information content (AvgIpc) is 3.09. The van der Waals surface area contributed by atoms with Crippen LogP contribution in [0.5, 0.6) is 0 Å². The van der Waals surface area contributed by atoms with Gasteiger partial charge < -0.3 is 5.73 Å². The molecule has 1 aliphatic carbocycles. The summed E-state index contributed by atoms with van der Waals surface area (Å²) in [6.07, 6.45) is 8.06. The molecule has 0 aromatic carbocycles. The molecule has 0 bridgehead atoms. The summed E-state index contributed by atoms with van der Waals surface area (Å²) in [4.78, 5) is 2.67. The van der Waals surface area contributed by atoms with E-state index in [1.165, 1.54) is 45.1 Å². The van der Waals surface area contributed by atoms with Crippen LogP contribution in [0.1, 0.15) is 66.2 Å². The summed E-state index contributed by atoms with van der Waals surface area (Å²) in [6, 6.07) is 0.616. The SMILES string of the molecule is CCCCCC(C)(CN)N(CC1CC1)C(C)C. The van der Waals surface area contributed by atoms with Gasteiger partial charge in [-0.05, 0) is 46.0 Å². The molecule has 2 nitrogen and oxygen atoms in total. The molecule has 1 saturated carbocycles. The summed E-state index contributed by atoms with van der Waals surface area (Å²) in [7, 11) is 0. The minimum atomic E-state index is 0.214. The first-order valence-electron chi connectivity index (χ1n) is 7.50. The minimum Gasteiger partial charge on any atom is -0.329 e. The zero-order chi connectivity index (χ0) is 12.9. The maximum atomic E-state index is 6.08. The Hall–Kier alpha value is -0.0800.